The predicted molar refractivity (Wildman–Crippen MR) is 114 cm³/mol. The monoisotopic (exact) mass is 400 g/mol. The van der Waals surface area contributed by atoms with Gasteiger partial charge in [0.05, 0.1) is 11.3 Å². The van der Waals surface area contributed by atoms with Gasteiger partial charge in [-0.05, 0) is 61.6 Å². The highest BCUT2D eigenvalue weighted by Crippen LogP contribution is 2.18. The molecule has 0 aliphatic carbocycles. The molecule has 1 N–H and O–H groups in total. The zero-order valence-corrected chi connectivity index (χ0v) is 16.8. The molecule has 1 atom stereocenters. The average molecular weight is 400 g/mol. The number of carbonyl (C=O) groups excluding carboxylic acids is 1. The fourth-order valence-electron chi connectivity index (χ4n) is 3.47. The van der Waals surface area contributed by atoms with E-state index in [1.807, 2.05) is 42.6 Å². The van der Waals surface area contributed by atoms with E-state index in [1.165, 1.54) is 0 Å². The number of hydrogen-bond donors (Lipinski definition) is 1. The molecule has 1 amide bonds. The number of hydrogen-bond acceptors (Lipinski definition) is 4. The lowest BCUT2D eigenvalue weighted by molar-refractivity contribution is 0.0952. The van der Waals surface area contributed by atoms with Crippen molar-refractivity contribution in [1.29, 1.82) is 0 Å². The molecule has 3 heterocycles. The van der Waals surface area contributed by atoms with E-state index in [-0.39, 0.29) is 5.91 Å². The molecule has 6 heteroatoms. The molecule has 6 nitrogen and oxygen atoms in total. The van der Waals surface area contributed by atoms with Gasteiger partial charge in [0.25, 0.3) is 5.91 Å². The van der Waals surface area contributed by atoms with Gasteiger partial charge in [0.15, 0.2) is 0 Å². The Kier molecular flexibility index (Phi) is 6.53. The Hall–Kier alpha value is -3.43. The fraction of sp³-hybridized carbons (Fsp3) is 0.292. The molecule has 0 spiro atoms. The van der Waals surface area contributed by atoms with E-state index in [2.05, 4.69) is 27.2 Å². The molecule has 1 saturated heterocycles. The summed E-state index contributed by atoms with van der Waals surface area (Å²) in [6.07, 6.45) is 10.2. The van der Waals surface area contributed by atoms with Crippen molar-refractivity contribution in [3.8, 4) is 17.5 Å². The van der Waals surface area contributed by atoms with Gasteiger partial charge in [-0.1, -0.05) is 11.8 Å². The van der Waals surface area contributed by atoms with E-state index in [4.69, 9.17) is 4.74 Å². The molecule has 0 saturated carbocycles. The second-order valence-corrected chi connectivity index (χ2v) is 7.30. The van der Waals surface area contributed by atoms with E-state index in [0.717, 1.165) is 49.3 Å². The summed E-state index contributed by atoms with van der Waals surface area (Å²) < 4.78 is 7.15. The van der Waals surface area contributed by atoms with Crippen LogP contribution < -0.4 is 5.32 Å². The number of benzene rings is 1. The molecule has 30 heavy (non-hydrogen) atoms. The summed E-state index contributed by atoms with van der Waals surface area (Å²) in [4.78, 5) is 16.7. The predicted octanol–water partition coefficient (Wildman–Crippen LogP) is 3.21. The molecule has 4 rings (SSSR count). The summed E-state index contributed by atoms with van der Waals surface area (Å²) in [6, 6.07) is 11.1. The van der Waals surface area contributed by atoms with Crippen LogP contribution >= 0.6 is 0 Å². The van der Waals surface area contributed by atoms with Crippen LogP contribution in [0.3, 0.4) is 0 Å². The third-order valence-corrected chi connectivity index (χ3v) is 5.11. The van der Waals surface area contributed by atoms with Gasteiger partial charge >= 0.3 is 0 Å². The Morgan fingerprint density at radius 3 is 2.97 bits per heavy atom. The normalized spacial score (nSPS) is 15.4. The highest BCUT2D eigenvalue weighted by atomic mass is 16.5. The highest BCUT2D eigenvalue weighted by Gasteiger charge is 2.15. The Bertz CT molecular complexity index is 1030. The zero-order valence-electron chi connectivity index (χ0n) is 16.8. The molecule has 1 aliphatic heterocycles. The molecule has 0 unspecified atom stereocenters. The number of carbonyl (C=O) groups is 1. The Balaban J connectivity index is 1.48. The van der Waals surface area contributed by atoms with Crippen LogP contribution in [-0.2, 0) is 4.74 Å². The molecule has 2 aromatic heterocycles. The number of ether oxygens (including phenoxy) is 1. The third-order valence-electron chi connectivity index (χ3n) is 5.11. The van der Waals surface area contributed by atoms with Crippen LogP contribution in [0, 0.1) is 17.8 Å². The lowest BCUT2D eigenvalue weighted by Gasteiger charge is -2.10. The standard InChI is InChI=1S/C24H24N4O2/c29-24(26-12-2-5-20-10-15-30-18-20)22-8-9-23(28-14-3-13-27-28)21(16-22)7-6-19-4-1-11-25-17-19/h1,3-4,8-9,11,13-14,16-17,20H,2,5,10,12,15,18H2,(H,26,29)/t20-/m0/s1. The quantitative estimate of drug-likeness (QED) is 0.510. The van der Waals surface area contributed by atoms with Crippen molar-refractivity contribution in [2.75, 3.05) is 19.8 Å². The second-order valence-electron chi connectivity index (χ2n) is 7.30. The fourth-order valence-corrected chi connectivity index (χ4v) is 3.47. The van der Waals surface area contributed by atoms with Crippen molar-refractivity contribution in [3.63, 3.8) is 0 Å². The first-order valence-corrected chi connectivity index (χ1v) is 10.2. The maximum atomic E-state index is 12.6. The van der Waals surface area contributed by atoms with Crippen LogP contribution in [0.5, 0.6) is 0 Å². The van der Waals surface area contributed by atoms with Crippen LogP contribution in [0.1, 0.15) is 40.7 Å². The van der Waals surface area contributed by atoms with Gasteiger partial charge in [-0.2, -0.15) is 5.10 Å². The van der Waals surface area contributed by atoms with Gasteiger partial charge in [-0.25, -0.2) is 4.68 Å². The van der Waals surface area contributed by atoms with Crippen LogP contribution in [0.4, 0.5) is 0 Å². The molecule has 3 aromatic rings. The number of amides is 1. The smallest absolute Gasteiger partial charge is 0.251 e. The van der Waals surface area contributed by atoms with E-state index >= 15 is 0 Å². The van der Waals surface area contributed by atoms with Crippen molar-refractivity contribution in [1.82, 2.24) is 20.1 Å². The molecule has 1 fully saturated rings. The van der Waals surface area contributed by atoms with Crippen LogP contribution in [0.2, 0.25) is 0 Å². The largest absolute Gasteiger partial charge is 0.381 e. The zero-order chi connectivity index (χ0) is 20.6. The minimum Gasteiger partial charge on any atom is -0.381 e. The summed E-state index contributed by atoms with van der Waals surface area (Å²) >= 11 is 0. The van der Waals surface area contributed by atoms with Gasteiger partial charge in [0.1, 0.15) is 0 Å². The van der Waals surface area contributed by atoms with Crippen molar-refractivity contribution in [3.05, 3.63) is 77.9 Å². The van der Waals surface area contributed by atoms with Gasteiger partial charge in [-0.15, -0.1) is 0 Å². The van der Waals surface area contributed by atoms with Crippen molar-refractivity contribution in [2.45, 2.75) is 19.3 Å². The summed E-state index contributed by atoms with van der Waals surface area (Å²) in [7, 11) is 0. The number of aromatic nitrogens is 3. The maximum absolute atomic E-state index is 12.6. The summed E-state index contributed by atoms with van der Waals surface area (Å²) in [6.45, 7) is 2.37. The first-order chi connectivity index (χ1) is 14.8. The number of nitrogens with zero attached hydrogens (tertiary/aromatic N) is 3. The molecule has 0 bridgehead atoms. The first kappa shape index (κ1) is 19.9. The maximum Gasteiger partial charge on any atom is 0.251 e. The van der Waals surface area contributed by atoms with Crippen molar-refractivity contribution < 1.29 is 9.53 Å². The Morgan fingerprint density at radius 2 is 2.20 bits per heavy atom. The van der Waals surface area contributed by atoms with Crippen molar-refractivity contribution >= 4 is 5.91 Å². The van der Waals surface area contributed by atoms with E-state index in [9.17, 15) is 4.79 Å². The van der Waals surface area contributed by atoms with E-state index < -0.39 is 0 Å². The number of nitrogens with one attached hydrogen (secondary N) is 1. The minimum atomic E-state index is -0.0888. The van der Waals surface area contributed by atoms with Gasteiger partial charge in [0.2, 0.25) is 0 Å². The van der Waals surface area contributed by atoms with Gasteiger partial charge in [0, 0.05) is 55.7 Å². The van der Waals surface area contributed by atoms with Crippen LogP contribution in [0.25, 0.3) is 5.69 Å². The molecule has 152 valence electrons. The van der Waals surface area contributed by atoms with Crippen LogP contribution in [0.15, 0.2) is 61.2 Å². The SMILES string of the molecule is O=C(NCCC[C@H]1CCOC1)c1ccc(-n2cccn2)c(C#Cc2cccnc2)c1. The van der Waals surface area contributed by atoms with Gasteiger partial charge < -0.3 is 10.1 Å². The molecule has 1 aliphatic rings. The first-order valence-electron chi connectivity index (χ1n) is 10.2. The summed E-state index contributed by atoms with van der Waals surface area (Å²) in [5.74, 6) is 6.83. The van der Waals surface area contributed by atoms with E-state index in [1.54, 1.807) is 23.3 Å². The molecular weight excluding hydrogens is 376 g/mol. The lowest BCUT2D eigenvalue weighted by atomic mass is 10.0. The summed E-state index contributed by atoms with van der Waals surface area (Å²) in [5.41, 5.74) is 2.97. The lowest BCUT2D eigenvalue weighted by Crippen LogP contribution is -2.25. The average Bonchev–Trinajstić information content (AvgIpc) is 3.50. The van der Waals surface area contributed by atoms with Gasteiger partial charge in [-0.3, -0.25) is 9.78 Å². The van der Waals surface area contributed by atoms with E-state index in [0.29, 0.717) is 18.0 Å². The second kappa shape index (κ2) is 9.86. The third kappa shape index (κ3) is 5.13. The number of rotatable bonds is 6. The number of pyridine rings is 1. The minimum absolute atomic E-state index is 0.0888. The van der Waals surface area contributed by atoms with Crippen molar-refractivity contribution in [2.24, 2.45) is 5.92 Å². The Morgan fingerprint density at radius 1 is 1.23 bits per heavy atom. The summed E-state index contributed by atoms with van der Waals surface area (Å²) in [5, 5.41) is 7.32. The molecule has 0 radical (unpaired) electrons. The Labute approximate surface area is 176 Å². The molecular formula is C24H24N4O2. The topological polar surface area (TPSA) is 69.0 Å². The molecule has 1 aromatic carbocycles. The van der Waals surface area contributed by atoms with Crippen LogP contribution in [-0.4, -0.2) is 40.4 Å². The highest BCUT2D eigenvalue weighted by molar-refractivity contribution is 5.95.